The molecule has 2 N–H and O–H groups in total. The summed E-state index contributed by atoms with van der Waals surface area (Å²) in [6.45, 7) is 5.78. The van der Waals surface area contributed by atoms with Crippen molar-refractivity contribution in [3.05, 3.63) is 17.7 Å². The second kappa shape index (κ2) is 3.08. The molecule has 3 heteroatoms. The zero-order valence-corrected chi connectivity index (χ0v) is 9.51. The van der Waals surface area contributed by atoms with E-state index in [9.17, 15) is 0 Å². The van der Waals surface area contributed by atoms with E-state index in [0.717, 1.165) is 18.9 Å². The average Bonchev–Trinajstić information content (AvgIpc) is 2.89. The lowest BCUT2D eigenvalue weighted by Gasteiger charge is -2.33. The number of H-pyrrole nitrogens is 1. The number of hydrogen-bond donors (Lipinski definition) is 2. The van der Waals surface area contributed by atoms with E-state index in [2.05, 4.69) is 29.1 Å². The fourth-order valence-corrected chi connectivity index (χ4v) is 3.04. The predicted molar refractivity (Wildman–Crippen MR) is 59.5 cm³/mol. The van der Waals surface area contributed by atoms with Crippen LogP contribution in [0.3, 0.4) is 0 Å². The number of fused-ring (bicyclic) bond motifs is 1. The van der Waals surface area contributed by atoms with Gasteiger partial charge >= 0.3 is 0 Å². The first kappa shape index (κ1) is 9.40. The average molecular weight is 205 g/mol. The Morgan fingerprint density at radius 1 is 1.47 bits per heavy atom. The molecule has 2 heterocycles. The van der Waals surface area contributed by atoms with Gasteiger partial charge in [0.25, 0.3) is 0 Å². The van der Waals surface area contributed by atoms with Gasteiger partial charge in [-0.25, -0.2) is 4.98 Å². The van der Waals surface area contributed by atoms with Crippen LogP contribution in [0.1, 0.15) is 44.1 Å². The molecule has 15 heavy (non-hydrogen) atoms. The Morgan fingerprint density at radius 3 is 2.93 bits per heavy atom. The maximum absolute atomic E-state index is 4.51. The number of aromatic amines is 1. The van der Waals surface area contributed by atoms with Crippen molar-refractivity contribution in [1.29, 1.82) is 0 Å². The molecule has 3 rings (SSSR count). The molecular weight excluding hydrogens is 186 g/mol. The molecule has 1 aromatic rings. The Balaban J connectivity index is 1.96. The number of nitrogens with zero attached hydrogens (tertiary/aromatic N) is 1. The van der Waals surface area contributed by atoms with E-state index in [0.29, 0.717) is 11.5 Å². The van der Waals surface area contributed by atoms with Crippen LogP contribution in [0, 0.1) is 11.3 Å². The number of hydrogen-bond acceptors (Lipinski definition) is 2. The van der Waals surface area contributed by atoms with Crippen molar-refractivity contribution >= 4 is 0 Å². The van der Waals surface area contributed by atoms with Gasteiger partial charge in [0.2, 0.25) is 0 Å². The van der Waals surface area contributed by atoms with Gasteiger partial charge in [-0.3, -0.25) is 0 Å². The van der Waals surface area contributed by atoms with Gasteiger partial charge in [-0.1, -0.05) is 13.8 Å². The van der Waals surface area contributed by atoms with Crippen LogP contribution in [-0.4, -0.2) is 16.5 Å². The molecule has 0 radical (unpaired) electrons. The summed E-state index contributed by atoms with van der Waals surface area (Å²) in [6, 6.07) is 0.493. The fourth-order valence-electron chi connectivity index (χ4n) is 3.04. The van der Waals surface area contributed by atoms with E-state index in [4.69, 9.17) is 0 Å². The van der Waals surface area contributed by atoms with Gasteiger partial charge < -0.3 is 10.3 Å². The molecule has 1 aromatic heterocycles. The van der Waals surface area contributed by atoms with Crippen LogP contribution in [-0.2, 0) is 6.42 Å². The van der Waals surface area contributed by atoms with Gasteiger partial charge in [0.15, 0.2) is 0 Å². The van der Waals surface area contributed by atoms with Crippen molar-refractivity contribution in [1.82, 2.24) is 15.3 Å². The van der Waals surface area contributed by atoms with E-state index >= 15 is 0 Å². The van der Waals surface area contributed by atoms with Crippen molar-refractivity contribution in [3.8, 4) is 0 Å². The first-order valence-electron chi connectivity index (χ1n) is 5.99. The van der Waals surface area contributed by atoms with Gasteiger partial charge in [0.1, 0.15) is 0 Å². The van der Waals surface area contributed by atoms with Crippen LogP contribution < -0.4 is 5.32 Å². The summed E-state index contributed by atoms with van der Waals surface area (Å²) in [5.74, 6) is 0.748. The molecule has 1 aliphatic heterocycles. The van der Waals surface area contributed by atoms with E-state index in [1.54, 1.807) is 0 Å². The third-order valence-corrected chi connectivity index (χ3v) is 4.30. The molecule has 0 amide bonds. The van der Waals surface area contributed by atoms with Crippen LogP contribution >= 0.6 is 0 Å². The Hall–Kier alpha value is -0.830. The van der Waals surface area contributed by atoms with Gasteiger partial charge in [0.05, 0.1) is 18.1 Å². The Bertz CT molecular complexity index is 363. The lowest BCUT2D eigenvalue weighted by atomic mass is 9.81. The molecule has 82 valence electrons. The molecule has 1 aliphatic carbocycles. The minimum absolute atomic E-state index is 0.490. The normalized spacial score (nSPS) is 27.8. The monoisotopic (exact) mass is 205 g/mol. The molecule has 0 saturated heterocycles. The molecule has 0 bridgehead atoms. The Kier molecular flexibility index (Phi) is 1.93. The number of nitrogens with one attached hydrogen (secondary N) is 2. The minimum Gasteiger partial charge on any atom is -0.348 e. The highest BCUT2D eigenvalue weighted by Crippen LogP contribution is 2.60. The summed E-state index contributed by atoms with van der Waals surface area (Å²) in [6.07, 6.45) is 5.66. The number of rotatable bonds is 2. The fraction of sp³-hybridized carbons (Fsp3) is 0.750. The largest absolute Gasteiger partial charge is 0.348 e. The molecule has 1 saturated carbocycles. The predicted octanol–water partition coefficient (Wildman–Crippen LogP) is 2.03. The number of aromatic nitrogens is 2. The zero-order valence-electron chi connectivity index (χ0n) is 9.51. The Labute approximate surface area is 90.7 Å². The first-order valence-corrected chi connectivity index (χ1v) is 5.99. The zero-order chi connectivity index (χ0) is 10.5. The van der Waals surface area contributed by atoms with Crippen LogP contribution in [0.5, 0.6) is 0 Å². The summed E-state index contributed by atoms with van der Waals surface area (Å²) in [4.78, 5) is 7.78. The Morgan fingerprint density at radius 2 is 2.27 bits per heavy atom. The molecule has 2 aliphatic rings. The first-order chi connectivity index (χ1) is 7.24. The van der Waals surface area contributed by atoms with Gasteiger partial charge in [-0.2, -0.15) is 0 Å². The summed E-state index contributed by atoms with van der Waals surface area (Å²) < 4.78 is 0. The lowest BCUT2D eigenvalue weighted by Crippen LogP contribution is -2.38. The standard InChI is InChI=1S/C12H19N3/c1-8(2)12(4-5-12)11-10-9(3-6-13-11)14-7-15-10/h7-8,11,13H,3-6H2,1-2H3,(H,14,15). The highest BCUT2D eigenvalue weighted by Gasteiger charge is 2.53. The second-order valence-electron chi connectivity index (χ2n) is 5.29. The maximum atomic E-state index is 4.51. The van der Waals surface area contributed by atoms with E-state index < -0.39 is 0 Å². The van der Waals surface area contributed by atoms with Crippen molar-refractivity contribution in [2.24, 2.45) is 11.3 Å². The highest BCUT2D eigenvalue weighted by atomic mass is 15.0. The van der Waals surface area contributed by atoms with Crippen molar-refractivity contribution in [3.63, 3.8) is 0 Å². The van der Waals surface area contributed by atoms with Crippen LogP contribution in [0.15, 0.2) is 6.33 Å². The molecule has 0 spiro atoms. The minimum atomic E-state index is 0.490. The quantitative estimate of drug-likeness (QED) is 0.775. The van der Waals surface area contributed by atoms with Crippen molar-refractivity contribution in [2.45, 2.75) is 39.2 Å². The number of imidazole rings is 1. The molecule has 3 nitrogen and oxygen atoms in total. The third kappa shape index (κ3) is 1.26. The third-order valence-electron chi connectivity index (χ3n) is 4.30. The smallest absolute Gasteiger partial charge is 0.0925 e. The van der Waals surface area contributed by atoms with E-state index in [1.807, 2.05) is 6.33 Å². The molecule has 1 fully saturated rings. The topological polar surface area (TPSA) is 40.7 Å². The van der Waals surface area contributed by atoms with E-state index in [1.165, 1.54) is 24.2 Å². The van der Waals surface area contributed by atoms with Crippen LogP contribution in [0.4, 0.5) is 0 Å². The lowest BCUT2D eigenvalue weighted by molar-refractivity contribution is 0.241. The van der Waals surface area contributed by atoms with Gasteiger partial charge in [0, 0.05) is 18.7 Å². The molecule has 0 aromatic carbocycles. The van der Waals surface area contributed by atoms with Crippen molar-refractivity contribution < 1.29 is 0 Å². The summed E-state index contributed by atoms with van der Waals surface area (Å²) in [5.41, 5.74) is 3.13. The summed E-state index contributed by atoms with van der Waals surface area (Å²) in [7, 11) is 0. The summed E-state index contributed by atoms with van der Waals surface area (Å²) in [5, 5.41) is 3.66. The van der Waals surface area contributed by atoms with Crippen LogP contribution in [0.25, 0.3) is 0 Å². The summed E-state index contributed by atoms with van der Waals surface area (Å²) >= 11 is 0. The van der Waals surface area contributed by atoms with Crippen LogP contribution in [0.2, 0.25) is 0 Å². The van der Waals surface area contributed by atoms with Gasteiger partial charge in [-0.15, -0.1) is 0 Å². The second-order valence-corrected chi connectivity index (χ2v) is 5.29. The molecular formula is C12H19N3. The molecule has 1 atom stereocenters. The van der Waals surface area contributed by atoms with Gasteiger partial charge in [-0.05, 0) is 24.2 Å². The maximum Gasteiger partial charge on any atom is 0.0925 e. The van der Waals surface area contributed by atoms with Crippen molar-refractivity contribution in [2.75, 3.05) is 6.54 Å². The highest BCUT2D eigenvalue weighted by molar-refractivity contribution is 5.25. The van der Waals surface area contributed by atoms with E-state index in [-0.39, 0.29) is 0 Å². The molecule has 1 unspecified atom stereocenters. The SMILES string of the molecule is CC(C)C1(C2NCCc3[nH]cnc32)CC1.